The Morgan fingerprint density at radius 1 is 1.44 bits per heavy atom. The third kappa shape index (κ3) is 17.8. The van der Waals surface area contributed by atoms with Gasteiger partial charge in [-0.05, 0) is 6.42 Å². The number of rotatable bonds is 3. The largest absolute Gasteiger partial charge is 0.400 e. The number of aliphatic hydroxyl groups is 2. The van der Waals surface area contributed by atoms with Gasteiger partial charge in [-0.1, -0.05) is 19.8 Å². The van der Waals surface area contributed by atoms with E-state index in [2.05, 4.69) is 16.2 Å². The molecule has 0 aliphatic rings. The lowest BCUT2D eigenvalue weighted by atomic mass is 10.3. The Labute approximate surface area is 59.5 Å². The maximum atomic E-state index is 8.65. The Bertz CT molecular complexity index is 40.0. The van der Waals surface area contributed by atoms with E-state index in [0.29, 0.717) is 0 Å². The number of aliphatic hydroxyl groups excluding tert-OH is 2. The van der Waals surface area contributed by atoms with E-state index in [1.54, 1.807) is 0 Å². The molecule has 58 valence electrons. The van der Waals surface area contributed by atoms with Gasteiger partial charge in [-0.15, -0.1) is 9.24 Å². The molecule has 0 saturated heterocycles. The maximum Gasteiger partial charge on any atom is 0.0673 e. The van der Waals surface area contributed by atoms with Crippen LogP contribution in [0, 0.1) is 0 Å². The fraction of sp³-hybridized carbons (Fsp3) is 1.00. The molecule has 0 aromatic heterocycles. The van der Waals surface area contributed by atoms with Crippen molar-refractivity contribution in [1.29, 1.82) is 0 Å². The van der Waals surface area contributed by atoms with Gasteiger partial charge in [0.1, 0.15) is 0 Å². The van der Waals surface area contributed by atoms with Crippen molar-refractivity contribution in [3.63, 3.8) is 0 Å². The summed E-state index contributed by atoms with van der Waals surface area (Å²) in [6.45, 7) is 2.12. The van der Waals surface area contributed by atoms with Crippen molar-refractivity contribution in [2.45, 2.75) is 32.0 Å². The summed E-state index contributed by atoms with van der Waals surface area (Å²) < 4.78 is 0. The van der Waals surface area contributed by atoms with Crippen LogP contribution in [0.15, 0.2) is 0 Å². The van der Waals surface area contributed by atoms with Gasteiger partial charge in [0.05, 0.1) is 5.85 Å². The van der Waals surface area contributed by atoms with Gasteiger partial charge in [-0.25, -0.2) is 0 Å². The highest BCUT2D eigenvalue weighted by Crippen LogP contribution is 2.04. The van der Waals surface area contributed by atoms with Crippen molar-refractivity contribution in [3.8, 4) is 0 Å². The highest BCUT2D eigenvalue weighted by molar-refractivity contribution is 7.17. The Hall–Kier alpha value is 0.350. The molecule has 3 heteroatoms. The molecule has 0 aliphatic carbocycles. The molecule has 0 heterocycles. The lowest BCUT2D eigenvalue weighted by Gasteiger charge is -1.98. The van der Waals surface area contributed by atoms with Gasteiger partial charge in [0.2, 0.25) is 0 Å². The average Bonchev–Trinajstić information content (AvgIpc) is 1.88. The first kappa shape index (κ1) is 12.1. The van der Waals surface area contributed by atoms with Crippen molar-refractivity contribution in [3.05, 3.63) is 0 Å². The predicted octanol–water partition coefficient (Wildman–Crippen LogP) is 0.979. The minimum absolute atomic E-state index is 0.181. The van der Waals surface area contributed by atoms with Crippen molar-refractivity contribution in [2.24, 2.45) is 0 Å². The Kier molecular flexibility index (Phi) is 15.0. The first-order valence-electron chi connectivity index (χ1n) is 3.15. The van der Waals surface area contributed by atoms with Gasteiger partial charge in [0.25, 0.3) is 0 Å². The first-order valence-corrected chi connectivity index (χ1v) is 3.82. The summed E-state index contributed by atoms with van der Waals surface area (Å²) in [4.78, 5) is 0. The SMILES string of the molecule is CCCCC(O)P.CO. The van der Waals surface area contributed by atoms with E-state index in [1.165, 1.54) is 6.42 Å². The standard InChI is InChI=1S/C5H13OP.CH4O/c1-2-3-4-5(6)7;1-2/h5-6H,2-4,7H2,1H3;2H,1H3. The molecule has 0 aromatic rings. The predicted molar refractivity (Wildman–Crippen MR) is 43.4 cm³/mol. The van der Waals surface area contributed by atoms with Crippen LogP contribution < -0.4 is 0 Å². The summed E-state index contributed by atoms with van der Waals surface area (Å²) in [5, 5.41) is 15.6. The lowest BCUT2D eigenvalue weighted by Crippen LogP contribution is -1.92. The van der Waals surface area contributed by atoms with Crippen LogP contribution in [0.1, 0.15) is 26.2 Å². The van der Waals surface area contributed by atoms with E-state index < -0.39 is 0 Å². The van der Waals surface area contributed by atoms with Crippen LogP contribution in [-0.2, 0) is 0 Å². The van der Waals surface area contributed by atoms with Crippen LogP contribution in [0.25, 0.3) is 0 Å². The Morgan fingerprint density at radius 2 is 1.89 bits per heavy atom. The highest BCUT2D eigenvalue weighted by atomic mass is 31.0. The molecule has 2 unspecified atom stereocenters. The number of hydrogen-bond donors (Lipinski definition) is 2. The zero-order valence-corrected chi connectivity index (χ0v) is 7.33. The van der Waals surface area contributed by atoms with E-state index in [-0.39, 0.29) is 5.85 Å². The Balaban J connectivity index is 0. The van der Waals surface area contributed by atoms with Crippen LogP contribution >= 0.6 is 9.24 Å². The van der Waals surface area contributed by atoms with E-state index in [9.17, 15) is 0 Å². The summed E-state index contributed by atoms with van der Waals surface area (Å²) in [7, 11) is 3.36. The van der Waals surface area contributed by atoms with E-state index >= 15 is 0 Å². The van der Waals surface area contributed by atoms with Crippen molar-refractivity contribution in [1.82, 2.24) is 0 Å². The van der Waals surface area contributed by atoms with Gasteiger partial charge in [0, 0.05) is 7.11 Å². The molecule has 0 saturated carbocycles. The molecule has 9 heavy (non-hydrogen) atoms. The van der Waals surface area contributed by atoms with Crippen LogP contribution in [-0.4, -0.2) is 23.2 Å². The average molecular weight is 152 g/mol. The summed E-state index contributed by atoms with van der Waals surface area (Å²) in [5.74, 6) is -0.181. The quantitative estimate of drug-likeness (QED) is 0.592. The summed E-state index contributed by atoms with van der Waals surface area (Å²) in [6.07, 6.45) is 3.22. The number of unbranched alkanes of at least 4 members (excludes halogenated alkanes) is 1. The van der Waals surface area contributed by atoms with Gasteiger partial charge in [-0.2, -0.15) is 0 Å². The molecule has 0 radical (unpaired) electrons. The summed E-state index contributed by atoms with van der Waals surface area (Å²) >= 11 is 0. The second-order valence-electron chi connectivity index (χ2n) is 1.71. The first-order chi connectivity index (χ1) is 4.27. The van der Waals surface area contributed by atoms with Crippen LogP contribution in [0.3, 0.4) is 0 Å². The molecule has 0 spiro atoms. The summed E-state index contributed by atoms with van der Waals surface area (Å²) in [6, 6.07) is 0. The molecule has 2 atom stereocenters. The maximum absolute atomic E-state index is 8.65. The van der Waals surface area contributed by atoms with E-state index in [0.717, 1.165) is 20.0 Å². The van der Waals surface area contributed by atoms with Crippen LogP contribution in [0.2, 0.25) is 0 Å². The molecule has 0 amide bonds. The van der Waals surface area contributed by atoms with Gasteiger partial charge in [-0.3, -0.25) is 0 Å². The zero-order chi connectivity index (χ0) is 7.70. The topological polar surface area (TPSA) is 40.5 Å². The molecule has 0 fully saturated rings. The zero-order valence-electron chi connectivity index (χ0n) is 6.17. The van der Waals surface area contributed by atoms with Gasteiger partial charge in [0.15, 0.2) is 0 Å². The monoisotopic (exact) mass is 152 g/mol. The third-order valence-electron chi connectivity index (χ3n) is 0.853. The minimum Gasteiger partial charge on any atom is -0.400 e. The molecule has 2 N–H and O–H groups in total. The second-order valence-corrected chi connectivity index (χ2v) is 2.48. The normalized spacial score (nSPS) is 11.7. The van der Waals surface area contributed by atoms with Crippen molar-refractivity contribution >= 4 is 9.24 Å². The minimum atomic E-state index is -0.181. The third-order valence-corrected chi connectivity index (χ3v) is 1.19. The van der Waals surface area contributed by atoms with Crippen molar-refractivity contribution in [2.75, 3.05) is 7.11 Å². The molecule has 0 aromatic carbocycles. The van der Waals surface area contributed by atoms with Crippen LogP contribution in [0.4, 0.5) is 0 Å². The van der Waals surface area contributed by atoms with Crippen LogP contribution in [0.5, 0.6) is 0 Å². The fourth-order valence-electron chi connectivity index (χ4n) is 0.413. The molecule has 0 bridgehead atoms. The second kappa shape index (κ2) is 11.2. The van der Waals surface area contributed by atoms with Gasteiger partial charge < -0.3 is 10.2 Å². The van der Waals surface area contributed by atoms with E-state index in [1.807, 2.05) is 0 Å². The molecular formula is C6H17O2P. The molecular weight excluding hydrogens is 135 g/mol. The lowest BCUT2D eigenvalue weighted by molar-refractivity contribution is 0.248. The summed E-state index contributed by atoms with van der Waals surface area (Å²) in [5.41, 5.74) is 0. The van der Waals surface area contributed by atoms with E-state index in [4.69, 9.17) is 10.2 Å². The molecule has 2 nitrogen and oxygen atoms in total. The highest BCUT2D eigenvalue weighted by Gasteiger charge is 1.90. The Morgan fingerprint density at radius 3 is 2.00 bits per heavy atom. The smallest absolute Gasteiger partial charge is 0.0673 e. The molecule has 0 rings (SSSR count). The van der Waals surface area contributed by atoms with Gasteiger partial charge >= 0.3 is 0 Å². The van der Waals surface area contributed by atoms with Crippen molar-refractivity contribution < 1.29 is 10.2 Å². The fourth-order valence-corrected chi connectivity index (χ4v) is 0.649. The number of hydrogen-bond acceptors (Lipinski definition) is 2. The molecule has 0 aliphatic heterocycles.